The van der Waals surface area contributed by atoms with E-state index in [1.54, 1.807) is 0 Å². The fourth-order valence-corrected chi connectivity index (χ4v) is 2.80. The van der Waals surface area contributed by atoms with Crippen LogP contribution in [0.4, 0.5) is 0 Å². The van der Waals surface area contributed by atoms with Crippen LogP contribution in [0.1, 0.15) is 54.9 Å². The van der Waals surface area contributed by atoms with Crippen molar-refractivity contribution in [2.24, 2.45) is 7.05 Å². The molecule has 1 aliphatic heterocycles. The molecule has 2 rings (SSSR count). The third-order valence-corrected chi connectivity index (χ3v) is 3.80. The molecule has 1 amide bonds. The van der Waals surface area contributed by atoms with Crippen LogP contribution >= 0.6 is 0 Å². The molecule has 0 saturated carbocycles. The van der Waals surface area contributed by atoms with Gasteiger partial charge in [0, 0.05) is 20.2 Å². The minimum absolute atomic E-state index is 0.00565. The number of carbonyl (C=O) groups excluding carboxylic acids is 1. The van der Waals surface area contributed by atoms with Gasteiger partial charge in [-0.25, -0.2) is 0 Å². The topological polar surface area (TPSA) is 56.2 Å². The van der Waals surface area contributed by atoms with E-state index in [4.69, 9.17) is 4.74 Å². The first kappa shape index (κ1) is 15.0. The van der Waals surface area contributed by atoms with Crippen molar-refractivity contribution in [2.75, 3.05) is 13.2 Å². The zero-order chi connectivity index (χ0) is 14.5. The minimum atomic E-state index is -0.00565. The molecule has 1 saturated heterocycles. The van der Waals surface area contributed by atoms with Gasteiger partial charge in [-0.05, 0) is 25.7 Å². The van der Waals surface area contributed by atoms with E-state index in [1.807, 2.05) is 11.7 Å². The van der Waals surface area contributed by atoms with Gasteiger partial charge in [0.2, 0.25) is 0 Å². The molecule has 0 radical (unpaired) electrons. The summed E-state index contributed by atoms with van der Waals surface area (Å²) in [5.74, 6) is -0.00565. The second-order valence-electron chi connectivity index (χ2n) is 5.34. The van der Waals surface area contributed by atoms with E-state index in [0.29, 0.717) is 6.54 Å². The van der Waals surface area contributed by atoms with Crippen molar-refractivity contribution in [2.45, 2.75) is 52.1 Å². The standard InChI is InChI=1S/C15H25N3O2/c1-4-7-12-14(13(5-2)18(3)17-12)15(19)16-10-11-8-6-9-20-11/h11H,4-10H2,1-3H3,(H,16,19)/t11-/m1/s1. The number of ether oxygens (including phenoxy) is 1. The quantitative estimate of drug-likeness (QED) is 0.864. The lowest BCUT2D eigenvalue weighted by Crippen LogP contribution is -2.32. The highest BCUT2D eigenvalue weighted by atomic mass is 16.5. The summed E-state index contributed by atoms with van der Waals surface area (Å²) in [6.45, 7) is 5.58. The molecule has 112 valence electrons. The maximum Gasteiger partial charge on any atom is 0.255 e. The molecular weight excluding hydrogens is 254 g/mol. The molecule has 5 nitrogen and oxygen atoms in total. The molecular formula is C15H25N3O2. The molecule has 1 atom stereocenters. The van der Waals surface area contributed by atoms with Gasteiger partial charge < -0.3 is 10.1 Å². The van der Waals surface area contributed by atoms with Gasteiger partial charge in [0.1, 0.15) is 0 Å². The summed E-state index contributed by atoms with van der Waals surface area (Å²) in [4.78, 5) is 12.5. The Balaban J connectivity index is 2.10. The number of amides is 1. The summed E-state index contributed by atoms with van der Waals surface area (Å²) in [7, 11) is 1.91. The highest BCUT2D eigenvalue weighted by Gasteiger charge is 2.22. The smallest absolute Gasteiger partial charge is 0.255 e. The third kappa shape index (κ3) is 3.20. The molecule has 20 heavy (non-hydrogen) atoms. The van der Waals surface area contributed by atoms with E-state index in [1.165, 1.54) is 0 Å². The van der Waals surface area contributed by atoms with Crippen LogP contribution in [0.2, 0.25) is 0 Å². The van der Waals surface area contributed by atoms with E-state index in [2.05, 4.69) is 24.3 Å². The van der Waals surface area contributed by atoms with E-state index in [-0.39, 0.29) is 12.0 Å². The Labute approximate surface area is 120 Å². The van der Waals surface area contributed by atoms with Crippen LogP contribution in [0.15, 0.2) is 0 Å². The Morgan fingerprint density at radius 2 is 2.30 bits per heavy atom. The van der Waals surface area contributed by atoms with Crippen LogP contribution in [0.25, 0.3) is 0 Å². The van der Waals surface area contributed by atoms with Crippen molar-refractivity contribution in [3.05, 3.63) is 17.0 Å². The van der Waals surface area contributed by atoms with Gasteiger partial charge in [-0.15, -0.1) is 0 Å². The molecule has 2 heterocycles. The molecule has 0 bridgehead atoms. The second-order valence-corrected chi connectivity index (χ2v) is 5.34. The zero-order valence-corrected chi connectivity index (χ0v) is 12.7. The number of hydrogen-bond acceptors (Lipinski definition) is 3. The van der Waals surface area contributed by atoms with E-state index < -0.39 is 0 Å². The fraction of sp³-hybridized carbons (Fsp3) is 0.733. The van der Waals surface area contributed by atoms with Gasteiger partial charge in [-0.3, -0.25) is 9.48 Å². The van der Waals surface area contributed by atoms with Crippen LogP contribution < -0.4 is 5.32 Å². The summed E-state index contributed by atoms with van der Waals surface area (Å²) < 4.78 is 7.38. The average molecular weight is 279 g/mol. The molecule has 0 spiro atoms. The van der Waals surface area contributed by atoms with Gasteiger partial charge in [0.25, 0.3) is 5.91 Å². The predicted octanol–water partition coefficient (Wildman–Crippen LogP) is 1.84. The molecule has 1 aromatic rings. The Kier molecular flexibility index (Phi) is 5.17. The molecule has 5 heteroatoms. The maximum absolute atomic E-state index is 12.5. The number of nitrogens with zero attached hydrogens (tertiary/aromatic N) is 2. The highest BCUT2D eigenvalue weighted by molar-refractivity contribution is 5.96. The molecule has 1 aliphatic rings. The summed E-state index contributed by atoms with van der Waals surface area (Å²) in [5, 5.41) is 7.51. The van der Waals surface area contributed by atoms with Gasteiger partial charge >= 0.3 is 0 Å². The van der Waals surface area contributed by atoms with Crippen molar-refractivity contribution in [3.63, 3.8) is 0 Å². The summed E-state index contributed by atoms with van der Waals surface area (Å²) >= 11 is 0. The Hall–Kier alpha value is -1.36. The van der Waals surface area contributed by atoms with Crippen molar-refractivity contribution < 1.29 is 9.53 Å². The van der Waals surface area contributed by atoms with Crippen LogP contribution in [0.5, 0.6) is 0 Å². The minimum Gasteiger partial charge on any atom is -0.376 e. The number of aryl methyl sites for hydroxylation is 2. The first-order valence-corrected chi connectivity index (χ1v) is 7.61. The Morgan fingerprint density at radius 1 is 1.50 bits per heavy atom. The van der Waals surface area contributed by atoms with Crippen LogP contribution in [0, 0.1) is 0 Å². The zero-order valence-electron chi connectivity index (χ0n) is 12.7. The summed E-state index contributed by atoms with van der Waals surface area (Å²) in [6.07, 6.45) is 4.96. The Morgan fingerprint density at radius 3 is 2.90 bits per heavy atom. The molecule has 0 unspecified atom stereocenters. The first-order valence-electron chi connectivity index (χ1n) is 7.61. The summed E-state index contributed by atoms with van der Waals surface area (Å²) in [5.41, 5.74) is 2.70. The van der Waals surface area contributed by atoms with Crippen molar-refractivity contribution >= 4 is 5.91 Å². The molecule has 1 N–H and O–H groups in total. The van der Waals surface area contributed by atoms with E-state index in [9.17, 15) is 4.79 Å². The van der Waals surface area contributed by atoms with Crippen LogP contribution in [-0.4, -0.2) is 34.9 Å². The number of rotatable bonds is 6. The average Bonchev–Trinajstić information content (AvgIpc) is 3.04. The first-order chi connectivity index (χ1) is 9.67. The number of hydrogen-bond donors (Lipinski definition) is 1. The largest absolute Gasteiger partial charge is 0.376 e. The van der Waals surface area contributed by atoms with E-state index in [0.717, 1.165) is 55.7 Å². The maximum atomic E-state index is 12.5. The number of nitrogens with one attached hydrogen (secondary N) is 1. The molecule has 1 fully saturated rings. The van der Waals surface area contributed by atoms with Crippen molar-refractivity contribution in [1.82, 2.24) is 15.1 Å². The van der Waals surface area contributed by atoms with E-state index >= 15 is 0 Å². The number of carbonyl (C=O) groups is 1. The fourth-order valence-electron chi connectivity index (χ4n) is 2.80. The van der Waals surface area contributed by atoms with Crippen molar-refractivity contribution in [3.8, 4) is 0 Å². The monoisotopic (exact) mass is 279 g/mol. The van der Waals surface area contributed by atoms with Gasteiger partial charge in [0.05, 0.1) is 23.1 Å². The number of aromatic nitrogens is 2. The summed E-state index contributed by atoms with van der Waals surface area (Å²) in [6, 6.07) is 0. The lowest BCUT2D eigenvalue weighted by molar-refractivity contribution is 0.0856. The molecule has 1 aromatic heterocycles. The predicted molar refractivity (Wildman–Crippen MR) is 77.9 cm³/mol. The second kappa shape index (κ2) is 6.88. The normalized spacial score (nSPS) is 18.4. The van der Waals surface area contributed by atoms with Gasteiger partial charge in [0.15, 0.2) is 0 Å². The van der Waals surface area contributed by atoms with Gasteiger partial charge in [-0.1, -0.05) is 20.3 Å². The molecule has 0 aliphatic carbocycles. The Bertz CT molecular complexity index is 462. The SMILES string of the molecule is CCCc1nn(C)c(CC)c1C(=O)NC[C@H]1CCCO1. The van der Waals surface area contributed by atoms with Gasteiger partial charge in [-0.2, -0.15) is 5.10 Å². The van der Waals surface area contributed by atoms with Crippen LogP contribution in [0.3, 0.4) is 0 Å². The van der Waals surface area contributed by atoms with Crippen LogP contribution in [-0.2, 0) is 24.6 Å². The lowest BCUT2D eigenvalue weighted by atomic mass is 10.1. The van der Waals surface area contributed by atoms with Crippen molar-refractivity contribution in [1.29, 1.82) is 0 Å². The lowest BCUT2D eigenvalue weighted by Gasteiger charge is -2.11. The highest BCUT2D eigenvalue weighted by Crippen LogP contribution is 2.17. The molecule has 0 aromatic carbocycles. The third-order valence-electron chi connectivity index (χ3n) is 3.80.